The van der Waals surface area contributed by atoms with E-state index in [4.69, 9.17) is 4.74 Å². The number of likely N-dealkylation sites (N-methyl/N-ethyl adjacent to an activating group) is 1. The van der Waals surface area contributed by atoms with Crippen molar-refractivity contribution in [1.82, 2.24) is 14.7 Å². The first-order chi connectivity index (χ1) is 10.6. The molecule has 1 N–H and O–H groups in total. The van der Waals surface area contributed by atoms with Crippen LogP contribution >= 0.6 is 0 Å². The Balaban J connectivity index is 1.85. The van der Waals surface area contributed by atoms with Gasteiger partial charge in [-0.15, -0.1) is 0 Å². The third kappa shape index (κ3) is 4.60. The second-order valence-electron chi connectivity index (χ2n) is 5.16. The van der Waals surface area contributed by atoms with Crippen LogP contribution in [0.3, 0.4) is 0 Å². The van der Waals surface area contributed by atoms with Crippen molar-refractivity contribution in [1.29, 1.82) is 0 Å². The molecule has 2 rings (SSSR count). The highest BCUT2D eigenvalue weighted by Gasteiger charge is 2.09. The van der Waals surface area contributed by atoms with Gasteiger partial charge in [-0.05, 0) is 26.1 Å². The van der Waals surface area contributed by atoms with E-state index in [1.165, 1.54) is 0 Å². The number of benzene rings is 1. The summed E-state index contributed by atoms with van der Waals surface area (Å²) >= 11 is 0. The molecule has 0 fully saturated rings. The average Bonchev–Trinajstić information content (AvgIpc) is 2.94. The van der Waals surface area contributed by atoms with Gasteiger partial charge in [-0.25, -0.2) is 0 Å². The largest absolute Gasteiger partial charge is 0.497 e. The van der Waals surface area contributed by atoms with E-state index < -0.39 is 0 Å². The molecule has 1 heterocycles. The molecular weight excluding hydrogens is 280 g/mol. The van der Waals surface area contributed by atoms with Gasteiger partial charge in [0.25, 0.3) is 0 Å². The van der Waals surface area contributed by atoms with Crippen LogP contribution in [0.5, 0.6) is 5.75 Å². The van der Waals surface area contributed by atoms with Gasteiger partial charge in [-0.2, -0.15) is 5.10 Å². The third-order valence-corrected chi connectivity index (χ3v) is 3.23. The van der Waals surface area contributed by atoms with E-state index in [-0.39, 0.29) is 5.91 Å². The SMILES string of the molecule is CCn1cc(CN(C)CC(=O)Nc2cccc(OC)c2)cn1. The first-order valence-electron chi connectivity index (χ1n) is 7.24. The molecule has 0 bridgehead atoms. The Labute approximate surface area is 130 Å². The van der Waals surface area contributed by atoms with Crippen molar-refractivity contribution >= 4 is 11.6 Å². The summed E-state index contributed by atoms with van der Waals surface area (Å²) in [5.41, 5.74) is 1.83. The molecule has 0 atom stereocenters. The summed E-state index contributed by atoms with van der Waals surface area (Å²) in [6.07, 6.45) is 3.83. The van der Waals surface area contributed by atoms with Crippen molar-refractivity contribution < 1.29 is 9.53 Å². The summed E-state index contributed by atoms with van der Waals surface area (Å²) < 4.78 is 7.01. The number of anilines is 1. The topological polar surface area (TPSA) is 59.4 Å². The minimum Gasteiger partial charge on any atom is -0.497 e. The summed E-state index contributed by atoms with van der Waals surface area (Å²) in [7, 11) is 3.51. The predicted molar refractivity (Wildman–Crippen MR) is 85.9 cm³/mol. The van der Waals surface area contributed by atoms with Crippen molar-refractivity contribution in [3.05, 3.63) is 42.2 Å². The lowest BCUT2D eigenvalue weighted by Crippen LogP contribution is -2.29. The highest BCUT2D eigenvalue weighted by molar-refractivity contribution is 5.92. The molecule has 1 aromatic heterocycles. The molecule has 1 amide bonds. The number of amides is 1. The molecule has 0 aliphatic heterocycles. The number of nitrogens with one attached hydrogen (secondary N) is 1. The number of methoxy groups -OCH3 is 1. The monoisotopic (exact) mass is 302 g/mol. The van der Waals surface area contributed by atoms with Gasteiger partial charge >= 0.3 is 0 Å². The van der Waals surface area contributed by atoms with Gasteiger partial charge in [0, 0.05) is 36.6 Å². The van der Waals surface area contributed by atoms with Gasteiger partial charge in [0.2, 0.25) is 5.91 Å². The van der Waals surface area contributed by atoms with Crippen LogP contribution in [-0.2, 0) is 17.9 Å². The van der Waals surface area contributed by atoms with Crippen LogP contribution in [0.1, 0.15) is 12.5 Å². The number of ether oxygens (including phenoxy) is 1. The molecule has 22 heavy (non-hydrogen) atoms. The van der Waals surface area contributed by atoms with Crippen molar-refractivity contribution in [3.63, 3.8) is 0 Å². The quantitative estimate of drug-likeness (QED) is 0.849. The maximum atomic E-state index is 12.1. The number of carbonyl (C=O) groups is 1. The Hall–Kier alpha value is -2.34. The van der Waals surface area contributed by atoms with Gasteiger partial charge in [-0.3, -0.25) is 14.4 Å². The van der Waals surface area contributed by atoms with Crippen LogP contribution in [0.25, 0.3) is 0 Å². The molecule has 0 saturated heterocycles. The highest BCUT2D eigenvalue weighted by Crippen LogP contribution is 2.16. The van der Waals surface area contributed by atoms with Crippen LogP contribution in [0.2, 0.25) is 0 Å². The Kier molecular flexibility index (Phi) is 5.55. The number of aryl methyl sites for hydroxylation is 1. The van der Waals surface area contributed by atoms with Gasteiger partial charge in [0.1, 0.15) is 5.75 Å². The molecule has 0 aliphatic carbocycles. The average molecular weight is 302 g/mol. The lowest BCUT2D eigenvalue weighted by molar-refractivity contribution is -0.117. The van der Waals surface area contributed by atoms with E-state index in [0.717, 1.165) is 23.5 Å². The zero-order valence-electron chi connectivity index (χ0n) is 13.2. The van der Waals surface area contributed by atoms with Crippen LogP contribution in [0, 0.1) is 0 Å². The molecule has 2 aromatic rings. The van der Waals surface area contributed by atoms with Crippen molar-refractivity contribution in [2.24, 2.45) is 0 Å². The summed E-state index contributed by atoms with van der Waals surface area (Å²) in [6.45, 7) is 3.89. The fourth-order valence-corrected chi connectivity index (χ4v) is 2.18. The Morgan fingerprint density at radius 3 is 2.95 bits per heavy atom. The van der Waals surface area contributed by atoms with E-state index >= 15 is 0 Å². The minimum atomic E-state index is -0.0568. The van der Waals surface area contributed by atoms with Crippen LogP contribution in [-0.4, -0.2) is 41.3 Å². The lowest BCUT2D eigenvalue weighted by atomic mass is 10.3. The summed E-state index contributed by atoms with van der Waals surface area (Å²) in [4.78, 5) is 14.0. The maximum Gasteiger partial charge on any atom is 0.238 e. The molecule has 0 unspecified atom stereocenters. The van der Waals surface area contributed by atoms with Crippen LogP contribution in [0.4, 0.5) is 5.69 Å². The Morgan fingerprint density at radius 2 is 2.27 bits per heavy atom. The summed E-state index contributed by atoms with van der Waals surface area (Å²) in [5.74, 6) is 0.664. The van der Waals surface area contributed by atoms with Crippen LogP contribution < -0.4 is 10.1 Å². The zero-order chi connectivity index (χ0) is 15.9. The Morgan fingerprint density at radius 1 is 1.45 bits per heavy atom. The van der Waals surface area contributed by atoms with Gasteiger partial charge in [0.15, 0.2) is 0 Å². The molecule has 6 nitrogen and oxygen atoms in total. The summed E-state index contributed by atoms with van der Waals surface area (Å²) in [5, 5.41) is 7.10. The van der Waals surface area contributed by atoms with Gasteiger partial charge < -0.3 is 10.1 Å². The van der Waals surface area contributed by atoms with E-state index in [1.807, 2.05) is 54.1 Å². The van der Waals surface area contributed by atoms with E-state index in [2.05, 4.69) is 10.4 Å². The molecule has 6 heteroatoms. The highest BCUT2D eigenvalue weighted by atomic mass is 16.5. The molecular formula is C16H22N4O2. The second-order valence-corrected chi connectivity index (χ2v) is 5.16. The zero-order valence-corrected chi connectivity index (χ0v) is 13.2. The number of nitrogens with zero attached hydrogens (tertiary/aromatic N) is 3. The predicted octanol–water partition coefficient (Wildman–Crippen LogP) is 1.98. The minimum absolute atomic E-state index is 0.0568. The first-order valence-corrected chi connectivity index (χ1v) is 7.24. The fraction of sp³-hybridized carbons (Fsp3) is 0.375. The molecule has 0 aliphatic rings. The number of rotatable bonds is 7. The van der Waals surface area contributed by atoms with Crippen molar-refractivity contribution in [2.45, 2.75) is 20.0 Å². The fourth-order valence-electron chi connectivity index (χ4n) is 2.18. The molecule has 1 aromatic carbocycles. The smallest absolute Gasteiger partial charge is 0.238 e. The number of aromatic nitrogens is 2. The Bertz CT molecular complexity index is 624. The third-order valence-electron chi connectivity index (χ3n) is 3.23. The standard InChI is InChI=1S/C16H22N4O2/c1-4-20-11-13(9-17-20)10-19(2)12-16(21)18-14-6-5-7-15(8-14)22-3/h5-9,11H,4,10,12H2,1-3H3,(H,18,21). The van der Waals surface area contributed by atoms with E-state index in [0.29, 0.717) is 13.1 Å². The van der Waals surface area contributed by atoms with E-state index in [1.54, 1.807) is 13.2 Å². The summed E-state index contributed by atoms with van der Waals surface area (Å²) in [6, 6.07) is 7.32. The number of hydrogen-bond donors (Lipinski definition) is 1. The lowest BCUT2D eigenvalue weighted by Gasteiger charge is -2.15. The van der Waals surface area contributed by atoms with E-state index in [9.17, 15) is 4.79 Å². The van der Waals surface area contributed by atoms with Gasteiger partial charge in [0.05, 0.1) is 19.9 Å². The van der Waals surface area contributed by atoms with Crippen molar-refractivity contribution in [3.8, 4) is 5.75 Å². The molecule has 0 radical (unpaired) electrons. The molecule has 118 valence electrons. The number of carbonyl (C=O) groups excluding carboxylic acids is 1. The van der Waals surface area contributed by atoms with Gasteiger partial charge in [-0.1, -0.05) is 6.07 Å². The maximum absolute atomic E-state index is 12.1. The van der Waals surface area contributed by atoms with Crippen LogP contribution in [0.15, 0.2) is 36.7 Å². The second kappa shape index (κ2) is 7.61. The normalized spacial score (nSPS) is 10.7. The van der Waals surface area contributed by atoms with Crippen molar-refractivity contribution in [2.75, 3.05) is 26.0 Å². The first kappa shape index (κ1) is 16.0. The molecule has 0 saturated carbocycles. The molecule has 0 spiro atoms. The number of hydrogen-bond acceptors (Lipinski definition) is 4.